The van der Waals surface area contributed by atoms with Crippen LogP contribution in [-0.2, 0) is 16.1 Å². The van der Waals surface area contributed by atoms with Crippen LogP contribution in [0.25, 0.3) is 11.3 Å². The van der Waals surface area contributed by atoms with Crippen molar-refractivity contribution in [3.05, 3.63) is 65.0 Å². The lowest BCUT2D eigenvalue weighted by Crippen LogP contribution is -2.35. The van der Waals surface area contributed by atoms with E-state index in [0.717, 1.165) is 49.0 Å². The van der Waals surface area contributed by atoms with Crippen molar-refractivity contribution < 1.29 is 14.3 Å². The first-order valence-electron chi connectivity index (χ1n) is 10.1. The predicted octanol–water partition coefficient (Wildman–Crippen LogP) is 3.85. The smallest absolute Gasteiger partial charge is 0.257 e. The molecule has 1 aliphatic rings. The molecule has 0 bridgehead atoms. The third-order valence-electron chi connectivity index (χ3n) is 4.88. The van der Waals surface area contributed by atoms with Crippen LogP contribution in [0.1, 0.15) is 22.2 Å². The molecular formula is C23H24N4O3S. The summed E-state index contributed by atoms with van der Waals surface area (Å²) in [7, 11) is 0. The van der Waals surface area contributed by atoms with E-state index in [1.165, 1.54) is 18.3 Å². The maximum absolute atomic E-state index is 12.8. The SMILES string of the molecule is CC(=O)Nc1cccc(C(=O)Nc2nc(-c3ccccc3)c(CN3CCOCC3)s2)c1. The Balaban J connectivity index is 1.56. The van der Waals surface area contributed by atoms with Crippen molar-refractivity contribution in [2.75, 3.05) is 36.9 Å². The molecule has 2 aromatic carbocycles. The fraction of sp³-hybridized carbons (Fsp3) is 0.261. The molecule has 8 heteroatoms. The third kappa shape index (κ3) is 5.55. The Kier molecular flexibility index (Phi) is 6.71. The highest BCUT2D eigenvalue weighted by molar-refractivity contribution is 7.16. The van der Waals surface area contributed by atoms with Gasteiger partial charge >= 0.3 is 0 Å². The number of carbonyl (C=O) groups excluding carboxylic acids is 2. The van der Waals surface area contributed by atoms with Crippen molar-refractivity contribution in [1.82, 2.24) is 9.88 Å². The van der Waals surface area contributed by atoms with Crippen molar-refractivity contribution in [2.24, 2.45) is 0 Å². The lowest BCUT2D eigenvalue weighted by Gasteiger charge is -2.26. The second kappa shape index (κ2) is 9.82. The molecule has 0 aliphatic carbocycles. The van der Waals surface area contributed by atoms with Gasteiger partial charge in [-0.15, -0.1) is 0 Å². The van der Waals surface area contributed by atoms with Crippen LogP contribution in [0.5, 0.6) is 0 Å². The van der Waals surface area contributed by atoms with Crippen LogP contribution in [0.15, 0.2) is 54.6 Å². The highest BCUT2D eigenvalue weighted by Crippen LogP contribution is 2.32. The van der Waals surface area contributed by atoms with Crippen LogP contribution >= 0.6 is 11.3 Å². The molecule has 160 valence electrons. The van der Waals surface area contributed by atoms with E-state index >= 15 is 0 Å². The number of carbonyl (C=O) groups is 2. The molecule has 0 radical (unpaired) electrons. The second-order valence-corrected chi connectivity index (χ2v) is 8.35. The average molecular weight is 437 g/mol. The van der Waals surface area contributed by atoms with Gasteiger partial charge in [-0.1, -0.05) is 47.7 Å². The summed E-state index contributed by atoms with van der Waals surface area (Å²) >= 11 is 1.49. The molecular weight excluding hydrogens is 412 g/mol. The van der Waals surface area contributed by atoms with Gasteiger partial charge in [0.1, 0.15) is 0 Å². The van der Waals surface area contributed by atoms with Gasteiger partial charge in [0.2, 0.25) is 5.91 Å². The second-order valence-electron chi connectivity index (χ2n) is 7.26. The van der Waals surface area contributed by atoms with Gasteiger partial charge in [-0.05, 0) is 18.2 Å². The number of hydrogen-bond acceptors (Lipinski definition) is 6. The number of anilines is 2. The molecule has 2 amide bonds. The van der Waals surface area contributed by atoms with Gasteiger partial charge < -0.3 is 10.1 Å². The zero-order valence-electron chi connectivity index (χ0n) is 17.3. The van der Waals surface area contributed by atoms with Crippen LogP contribution in [0.4, 0.5) is 10.8 Å². The van der Waals surface area contributed by atoms with Gasteiger partial charge in [0.25, 0.3) is 5.91 Å². The Hall–Kier alpha value is -3.07. The van der Waals surface area contributed by atoms with E-state index < -0.39 is 0 Å². The van der Waals surface area contributed by atoms with Crippen molar-refractivity contribution in [3.63, 3.8) is 0 Å². The Morgan fingerprint density at radius 2 is 1.84 bits per heavy atom. The number of benzene rings is 2. The largest absolute Gasteiger partial charge is 0.379 e. The summed E-state index contributed by atoms with van der Waals surface area (Å²) in [6.07, 6.45) is 0. The average Bonchev–Trinajstić information content (AvgIpc) is 3.17. The summed E-state index contributed by atoms with van der Waals surface area (Å²) in [5.41, 5.74) is 2.95. The van der Waals surface area contributed by atoms with Crippen LogP contribution in [0.3, 0.4) is 0 Å². The first-order chi connectivity index (χ1) is 15.1. The van der Waals surface area contributed by atoms with E-state index in [9.17, 15) is 9.59 Å². The number of amides is 2. The summed E-state index contributed by atoms with van der Waals surface area (Å²) < 4.78 is 5.46. The van der Waals surface area contributed by atoms with E-state index in [0.29, 0.717) is 16.4 Å². The van der Waals surface area contributed by atoms with E-state index in [1.807, 2.05) is 30.3 Å². The van der Waals surface area contributed by atoms with E-state index in [4.69, 9.17) is 9.72 Å². The number of nitrogens with one attached hydrogen (secondary N) is 2. The zero-order chi connectivity index (χ0) is 21.6. The summed E-state index contributed by atoms with van der Waals surface area (Å²) in [4.78, 5) is 32.3. The summed E-state index contributed by atoms with van der Waals surface area (Å²) in [5, 5.41) is 6.17. The first kappa shape index (κ1) is 21.2. The Morgan fingerprint density at radius 3 is 2.58 bits per heavy atom. The van der Waals surface area contributed by atoms with Crippen LogP contribution < -0.4 is 10.6 Å². The molecule has 7 nitrogen and oxygen atoms in total. The molecule has 0 atom stereocenters. The monoisotopic (exact) mass is 436 g/mol. The molecule has 3 aromatic rings. The van der Waals surface area contributed by atoms with Crippen LogP contribution in [0, 0.1) is 0 Å². The van der Waals surface area contributed by atoms with Gasteiger partial charge in [0.05, 0.1) is 18.9 Å². The lowest BCUT2D eigenvalue weighted by atomic mass is 10.1. The van der Waals surface area contributed by atoms with Gasteiger partial charge in [0, 0.05) is 48.2 Å². The van der Waals surface area contributed by atoms with E-state index in [1.54, 1.807) is 24.3 Å². The van der Waals surface area contributed by atoms with Gasteiger partial charge in [-0.3, -0.25) is 19.8 Å². The minimum atomic E-state index is -0.265. The summed E-state index contributed by atoms with van der Waals surface area (Å²) in [5.74, 6) is -0.448. The van der Waals surface area contributed by atoms with Crippen molar-refractivity contribution >= 4 is 34.0 Å². The molecule has 1 fully saturated rings. The standard InChI is InChI=1S/C23H24N4O3S/c1-16(28)24-19-9-5-8-18(14-19)22(29)26-23-25-21(17-6-3-2-4-7-17)20(31-23)15-27-10-12-30-13-11-27/h2-9,14H,10-13,15H2,1H3,(H,24,28)(H,25,26,29). The predicted molar refractivity (Wildman–Crippen MR) is 122 cm³/mol. The number of hydrogen-bond donors (Lipinski definition) is 2. The van der Waals surface area contributed by atoms with Crippen molar-refractivity contribution in [3.8, 4) is 11.3 Å². The zero-order valence-corrected chi connectivity index (χ0v) is 18.1. The van der Waals surface area contributed by atoms with Crippen LogP contribution in [-0.4, -0.2) is 48.0 Å². The van der Waals surface area contributed by atoms with Crippen molar-refractivity contribution in [2.45, 2.75) is 13.5 Å². The highest BCUT2D eigenvalue weighted by atomic mass is 32.1. The third-order valence-corrected chi connectivity index (χ3v) is 5.84. The summed E-state index contributed by atoms with van der Waals surface area (Å²) in [6.45, 7) is 5.41. The Morgan fingerprint density at radius 1 is 1.06 bits per heavy atom. The molecule has 2 heterocycles. The number of rotatable bonds is 6. The van der Waals surface area contributed by atoms with Gasteiger partial charge in [0.15, 0.2) is 5.13 Å². The number of ether oxygens (including phenoxy) is 1. The minimum absolute atomic E-state index is 0.183. The van der Waals surface area contributed by atoms with Crippen molar-refractivity contribution in [1.29, 1.82) is 0 Å². The fourth-order valence-electron chi connectivity index (χ4n) is 3.41. The maximum atomic E-state index is 12.8. The lowest BCUT2D eigenvalue weighted by molar-refractivity contribution is -0.114. The van der Waals surface area contributed by atoms with E-state index in [2.05, 4.69) is 15.5 Å². The number of morpholine rings is 1. The highest BCUT2D eigenvalue weighted by Gasteiger charge is 2.19. The number of thiazole rings is 1. The molecule has 1 aromatic heterocycles. The molecule has 2 N–H and O–H groups in total. The molecule has 4 rings (SSSR count). The van der Waals surface area contributed by atoms with Crippen LogP contribution in [0.2, 0.25) is 0 Å². The molecule has 1 aliphatic heterocycles. The Labute approximate surface area is 185 Å². The molecule has 0 spiro atoms. The minimum Gasteiger partial charge on any atom is -0.379 e. The number of aromatic nitrogens is 1. The summed E-state index contributed by atoms with van der Waals surface area (Å²) in [6, 6.07) is 16.8. The quantitative estimate of drug-likeness (QED) is 0.613. The van der Waals surface area contributed by atoms with E-state index in [-0.39, 0.29) is 11.8 Å². The van der Waals surface area contributed by atoms with Gasteiger partial charge in [-0.2, -0.15) is 0 Å². The maximum Gasteiger partial charge on any atom is 0.257 e. The Bertz CT molecular complexity index is 1060. The normalized spacial score (nSPS) is 14.2. The first-order valence-corrected chi connectivity index (χ1v) is 10.9. The molecule has 0 unspecified atom stereocenters. The fourth-order valence-corrected chi connectivity index (χ4v) is 4.43. The number of nitrogens with zero attached hydrogens (tertiary/aromatic N) is 2. The molecule has 31 heavy (non-hydrogen) atoms. The topological polar surface area (TPSA) is 83.6 Å². The molecule has 0 saturated carbocycles. The molecule has 1 saturated heterocycles. The van der Waals surface area contributed by atoms with Gasteiger partial charge in [-0.25, -0.2) is 4.98 Å².